The molecule has 70 valence electrons. The molecule has 5 heteroatoms. The van der Waals surface area contributed by atoms with Crippen molar-refractivity contribution >= 4 is 6.16 Å². The Balaban J connectivity index is 0.000000223. The molecule has 0 bridgehead atoms. The molecule has 0 aliphatic rings. The highest BCUT2D eigenvalue weighted by Crippen LogP contribution is 1.73. The smallest absolute Gasteiger partial charge is 0.450 e. The zero-order chi connectivity index (χ0) is 9.94. The average Bonchev–Trinajstić information content (AvgIpc) is 2.18. The van der Waals surface area contributed by atoms with E-state index in [1.54, 1.807) is 18.5 Å². The Kier molecular flexibility index (Phi) is 6.99. The summed E-state index contributed by atoms with van der Waals surface area (Å²) in [6.45, 7) is 3.31. The fourth-order valence-corrected chi connectivity index (χ4v) is 0.384. The largest absolute Gasteiger partial charge is 0.506 e. The number of aromatic nitrogens is 2. The molecule has 1 heterocycles. The monoisotopic (exact) mass is 182 g/mol. The first-order valence-corrected chi connectivity index (χ1v) is 3.44. The van der Waals surface area contributed by atoms with Crippen LogP contribution in [0.3, 0.4) is 0 Å². The summed E-state index contributed by atoms with van der Waals surface area (Å²) in [6.07, 6.45) is 4.98. The van der Waals surface area contributed by atoms with E-state index in [0.29, 0.717) is 0 Å². The molecule has 0 saturated heterocycles. The Morgan fingerprint density at radius 3 is 2.31 bits per heavy atom. The SMILES string of the molecule is C=CCOC(=O)O.c1cncnc1. The van der Waals surface area contributed by atoms with Gasteiger partial charge in [0, 0.05) is 12.4 Å². The van der Waals surface area contributed by atoms with Crippen LogP contribution < -0.4 is 0 Å². The summed E-state index contributed by atoms with van der Waals surface area (Å²) in [5, 5.41) is 7.77. The molecule has 0 aliphatic carbocycles. The van der Waals surface area contributed by atoms with Crippen molar-refractivity contribution in [1.29, 1.82) is 0 Å². The molecule has 0 fully saturated rings. The summed E-state index contributed by atoms with van der Waals surface area (Å²) in [4.78, 5) is 16.8. The van der Waals surface area contributed by atoms with Crippen LogP contribution in [0, 0.1) is 0 Å². The van der Waals surface area contributed by atoms with Crippen LogP contribution >= 0.6 is 0 Å². The molecule has 0 unspecified atom stereocenters. The Morgan fingerprint density at radius 2 is 2.15 bits per heavy atom. The number of rotatable bonds is 2. The number of nitrogens with zero attached hydrogens (tertiary/aromatic N) is 2. The average molecular weight is 182 g/mol. The van der Waals surface area contributed by atoms with Crippen molar-refractivity contribution in [3.8, 4) is 0 Å². The van der Waals surface area contributed by atoms with E-state index in [0.717, 1.165) is 0 Å². The predicted octanol–water partition coefficient (Wildman–Crippen LogP) is 1.34. The third-order valence-electron chi connectivity index (χ3n) is 0.802. The summed E-state index contributed by atoms with van der Waals surface area (Å²) < 4.78 is 3.99. The molecule has 13 heavy (non-hydrogen) atoms. The van der Waals surface area contributed by atoms with Crippen LogP contribution in [0.15, 0.2) is 37.4 Å². The number of carboxylic acid groups (broad SMARTS) is 1. The van der Waals surface area contributed by atoms with Crippen LogP contribution in [-0.4, -0.2) is 27.8 Å². The lowest BCUT2D eigenvalue weighted by atomic mass is 10.7. The van der Waals surface area contributed by atoms with E-state index in [4.69, 9.17) is 5.11 Å². The second-order valence-corrected chi connectivity index (χ2v) is 1.77. The lowest BCUT2D eigenvalue weighted by molar-refractivity contribution is 0.102. The van der Waals surface area contributed by atoms with Crippen molar-refractivity contribution in [1.82, 2.24) is 9.97 Å². The van der Waals surface area contributed by atoms with E-state index in [1.807, 2.05) is 0 Å². The van der Waals surface area contributed by atoms with Crippen LogP contribution in [0.4, 0.5) is 4.79 Å². The minimum Gasteiger partial charge on any atom is -0.450 e. The number of carbonyl (C=O) groups is 1. The van der Waals surface area contributed by atoms with E-state index in [2.05, 4.69) is 21.3 Å². The van der Waals surface area contributed by atoms with Crippen LogP contribution in [0.5, 0.6) is 0 Å². The minimum atomic E-state index is -1.26. The molecule has 0 atom stereocenters. The number of hydrogen-bond acceptors (Lipinski definition) is 4. The molecule has 0 saturated carbocycles. The Hall–Kier alpha value is -1.91. The second-order valence-electron chi connectivity index (χ2n) is 1.77. The second kappa shape index (κ2) is 8.19. The van der Waals surface area contributed by atoms with E-state index in [1.165, 1.54) is 12.4 Å². The molecule has 0 radical (unpaired) electrons. The molecule has 0 amide bonds. The quantitative estimate of drug-likeness (QED) is 0.552. The molecule has 1 rings (SSSR count). The molecule has 5 nitrogen and oxygen atoms in total. The van der Waals surface area contributed by atoms with Crippen molar-refractivity contribution in [3.05, 3.63) is 37.4 Å². The molecule has 0 spiro atoms. The summed E-state index contributed by atoms with van der Waals surface area (Å²) in [5.41, 5.74) is 0. The van der Waals surface area contributed by atoms with Crippen molar-refractivity contribution < 1.29 is 14.6 Å². The molecular formula is C8H10N2O3. The Bertz CT molecular complexity index is 212. The maximum atomic E-state index is 9.49. The normalized spacial score (nSPS) is 7.69. The van der Waals surface area contributed by atoms with E-state index < -0.39 is 6.16 Å². The van der Waals surface area contributed by atoms with Gasteiger partial charge < -0.3 is 9.84 Å². The van der Waals surface area contributed by atoms with Gasteiger partial charge in [-0.15, -0.1) is 0 Å². The molecule has 1 aromatic rings. The predicted molar refractivity (Wildman–Crippen MR) is 46.2 cm³/mol. The first-order valence-electron chi connectivity index (χ1n) is 3.44. The van der Waals surface area contributed by atoms with Crippen molar-refractivity contribution in [2.75, 3.05) is 6.61 Å². The number of hydrogen-bond donors (Lipinski definition) is 1. The van der Waals surface area contributed by atoms with Gasteiger partial charge in [-0.1, -0.05) is 12.7 Å². The van der Waals surface area contributed by atoms with Crippen molar-refractivity contribution in [2.24, 2.45) is 0 Å². The molecular weight excluding hydrogens is 172 g/mol. The lowest BCUT2D eigenvalue weighted by Crippen LogP contribution is -1.98. The standard InChI is InChI=1S/C4H4N2.C4H6O3/c1-2-5-4-6-3-1;1-2-3-7-4(5)6/h1-4H;2H,1,3H2,(H,5,6). The molecule has 1 N–H and O–H groups in total. The Morgan fingerprint density at radius 1 is 1.54 bits per heavy atom. The van der Waals surface area contributed by atoms with Crippen molar-refractivity contribution in [3.63, 3.8) is 0 Å². The first kappa shape index (κ1) is 11.1. The van der Waals surface area contributed by atoms with Crippen LogP contribution in [0.25, 0.3) is 0 Å². The highest BCUT2D eigenvalue weighted by molar-refractivity contribution is 5.56. The van der Waals surface area contributed by atoms with E-state index in [-0.39, 0.29) is 6.61 Å². The lowest BCUT2D eigenvalue weighted by Gasteiger charge is -1.88. The Labute approximate surface area is 75.7 Å². The van der Waals surface area contributed by atoms with Gasteiger partial charge in [0.15, 0.2) is 0 Å². The molecule has 1 aromatic heterocycles. The zero-order valence-electron chi connectivity index (χ0n) is 6.96. The topological polar surface area (TPSA) is 72.3 Å². The van der Waals surface area contributed by atoms with Gasteiger partial charge in [-0.25, -0.2) is 14.8 Å². The number of ether oxygens (including phenoxy) is 1. The van der Waals surface area contributed by atoms with Gasteiger partial charge in [-0.3, -0.25) is 0 Å². The van der Waals surface area contributed by atoms with Crippen LogP contribution in [-0.2, 0) is 4.74 Å². The van der Waals surface area contributed by atoms with Gasteiger partial charge in [0.05, 0.1) is 0 Å². The van der Waals surface area contributed by atoms with Gasteiger partial charge in [0.25, 0.3) is 0 Å². The third-order valence-corrected chi connectivity index (χ3v) is 0.802. The van der Waals surface area contributed by atoms with Crippen LogP contribution in [0.2, 0.25) is 0 Å². The zero-order valence-corrected chi connectivity index (χ0v) is 6.96. The summed E-state index contributed by atoms with van der Waals surface area (Å²) in [7, 11) is 0. The summed E-state index contributed by atoms with van der Waals surface area (Å²) in [6, 6.07) is 1.78. The van der Waals surface area contributed by atoms with Gasteiger partial charge in [-0.05, 0) is 6.07 Å². The summed E-state index contributed by atoms with van der Waals surface area (Å²) >= 11 is 0. The molecule has 0 aliphatic heterocycles. The van der Waals surface area contributed by atoms with Gasteiger partial charge in [0.1, 0.15) is 12.9 Å². The first-order chi connectivity index (χ1) is 6.27. The van der Waals surface area contributed by atoms with Gasteiger partial charge in [0.2, 0.25) is 0 Å². The van der Waals surface area contributed by atoms with Gasteiger partial charge in [-0.2, -0.15) is 0 Å². The fraction of sp³-hybridized carbons (Fsp3) is 0.125. The maximum Gasteiger partial charge on any atom is 0.506 e. The fourth-order valence-electron chi connectivity index (χ4n) is 0.384. The third kappa shape index (κ3) is 10.1. The van der Waals surface area contributed by atoms with E-state index >= 15 is 0 Å². The maximum absolute atomic E-state index is 9.49. The van der Waals surface area contributed by atoms with E-state index in [9.17, 15) is 4.79 Å². The minimum absolute atomic E-state index is 0.0648. The summed E-state index contributed by atoms with van der Waals surface area (Å²) in [5.74, 6) is 0. The highest BCUT2D eigenvalue weighted by atomic mass is 16.7. The molecule has 0 aromatic carbocycles. The van der Waals surface area contributed by atoms with Gasteiger partial charge >= 0.3 is 6.16 Å². The highest BCUT2D eigenvalue weighted by Gasteiger charge is 1.87. The van der Waals surface area contributed by atoms with Crippen molar-refractivity contribution in [2.45, 2.75) is 0 Å². The van der Waals surface area contributed by atoms with Crippen LogP contribution in [0.1, 0.15) is 0 Å².